The van der Waals surface area contributed by atoms with E-state index in [1.807, 2.05) is 11.0 Å². The van der Waals surface area contributed by atoms with E-state index in [2.05, 4.69) is 36.1 Å². The SMILES string of the molecule is Cc1ccc(CN2CC[C@@H](N3CC[C@H](C4C=CC(O)=CC4)[C@@H](F)C3)C2=O)cc1. The molecule has 1 unspecified atom stereocenters. The third-order valence-corrected chi connectivity index (χ3v) is 6.49. The predicted octanol–water partition coefficient (Wildman–Crippen LogP) is 3.77. The Morgan fingerprint density at radius 3 is 2.64 bits per heavy atom. The first-order valence-electron chi connectivity index (χ1n) is 10.3. The Morgan fingerprint density at radius 2 is 1.96 bits per heavy atom. The van der Waals surface area contributed by atoms with Crippen LogP contribution in [0, 0.1) is 18.8 Å². The molecule has 5 heteroatoms. The predicted molar refractivity (Wildman–Crippen MR) is 108 cm³/mol. The van der Waals surface area contributed by atoms with Gasteiger partial charge in [-0.25, -0.2) is 4.39 Å². The van der Waals surface area contributed by atoms with Crippen molar-refractivity contribution in [1.29, 1.82) is 0 Å². The standard InChI is InChI=1S/C23H29FN2O2/c1-16-2-4-17(5-3-16)14-26-13-11-22(23(26)28)25-12-10-20(21(24)15-25)18-6-8-19(27)9-7-18/h2-6,8-9,18,20-22,27H,7,10-15H2,1H3/t18?,20-,21+,22-/m1/s1. The number of benzene rings is 1. The van der Waals surface area contributed by atoms with Gasteiger partial charge in [0, 0.05) is 19.6 Å². The quantitative estimate of drug-likeness (QED) is 0.859. The van der Waals surface area contributed by atoms with Gasteiger partial charge >= 0.3 is 0 Å². The molecular formula is C23H29FN2O2. The van der Waals surface area contributed by atoms with Gasteiger partial charge in [0.25, 0.3) is 0 Å². The molecule has 2 heterocycles. The molecule has 1 amide bonds. The van der Waals surface area contributed by atoms with Crippen LogP contribution in [0.2, 0.25) is 0 Å². The van der Waals surface area contributed by atoms with Crippen molar-refractivity contribution in [2.75, 3.05) is 19.6 Å². The zero-order valence-corrected chi connectivity index (χ0v) is 16.4. The molecule has 150 valence electrons. The highest BCUT2D eigenvalue weighted by atomic mass is 19.1. The van der Waals surface area contributed by atoms with Crippen molar-refractivity contribution in [3.8, 4) is 0 Å². The van der Waals surface area contributed by atoms with E-state index in [0.29, 0.717) is 19.5 Å². The number of hydrogen-bond acceptors (Lipinski definition) is 3. The Balaban J connectivity index is 1.33. The van der Waals surface area contributed by atoms with Gasteiger partial charge in [0.05, 0.1) is 6.04 Å². The largest absolute Gasteiger partial charge is 0.508 e. The number of aliphatic hydroxyl groups is 1. The van der Waals surface area contributed by atoms with Crippen LogP contribution in [-0.2, 0) is 11.3 Å². The van der Waals surface area contributed by atoms with E-state index in [4.69, 9.17) is 0 Å². The van der Waals surface area contributed by atoms with Gasteiger partial charge in [0.1, 0.15) is 11.9 Å². The lowest BCUT2D eigenvalue weighted by atomic mass is 9.79. The van der Waals surface area contributed by atoms with E-state index in [1.54, 1.807) is 12.2 Å². The van der Waals surface area contributed by atoms with Crippen LogP contribution in [0.4, 0.5) is 4.39 Å². The highest BCUT2D eigenvalue weighted by Gasteiger charge is 2.41. The lowest BCUT2D eigenvalue weighted by Crippen LogP contribution is -2.51. The fraction of sp³-hybridized carbons (Fsp3) is 0.522. The maximum Gasteiger partial charge on any atom is 0.240 e. The molecule has 1 aliphatic carbocycles. The molecule has 4 atom stereocenters. The highest BCUT2D eigenvalue weighted by Crippen LogP contribution is 2.34. The van der Waals surface area contributed by atoms with Gasteiger partial charge in [-0.2, -0.15) is 0 Å². The van der Waals surface area contributed by atoms with Gasteiger partial charge in [0.2, 0.25) is 5.91 Å². The maximum atomic E-state index is 15.0. The molecule has 0 saturated carbocycles. The number of allylic oxidation sites excluding steroid dienone is 3. The smallest absolute Gasteiger partial charge is 0.240 e. The van der Waals surface area contributed by atoms with Crippen LogP contribution < -0.4 is 0 Å². The third-order valence-electron chi connectivity index (χ3n) is 6.49. The molecule has 1 aromatic carbocycles. The number of aliphatic hydroxyl groups excluding tert-OH is 1. The van der Waals surface area contributed by atoms with E-state index in [-0.39, 0.29) is 29.5 Å². The topological polar surface area (TPSA) is 43.8 Å². The summed E-state index contributed by atoms with van der Waals surface area (Å²) in [5.41, 5.74) is 2.35. The molecule has 4 rings (SSSR count). The summed E-state index contributed by atoms with van der Waals surface area (Å²) in [4.78, 5) is 16.9. The molecule has 0 aromatic heterocycles. The van der Waals surface area contributed by atoms with Crippen molar-refractivity contribution in [3.05, 3.63) is 59.4 Å². The second-order valence-corrected chi connectivity index (χ2v) is 8.40. The first-order chi connectivity index (χ1) is 13.5. The van der Waals surface area contributed by atoms with Crippen molar-refractivity contribution >= 4 is 5.91 Å². The molecule has 1 N–H and O–H groups in total. The first kappa shape index (κ1) is 19.2. The first-order valence-corrected chi connectivity index (χ1v) is 10.3. The number of carbonyl (C=O) groups excluding carboxylic acids is 1. The van der Waals surface area contributed by atoms with Crippen LogP contribution in [0.5, 0.6) is 0 Å². The molecule has 0 spiro atoms. The number of aryl methyl sites for hydroxylation is 1. The summed E-state index contributed by atoms with van der Waals surface area (Å²) in [6.45, 7) is 4.52. The molecule has 0 bridgehead atoms. The number of nitrogens with zero attached hydrogens (tertiary/aromatic N) is 2. The van der Waals surface area contributed by atoms with E-state index in [9.17, 15) is 14.3 Å². The number of halogens is 1. The normalized spacial score (nSPS) is 31.3. The van der Waals surface area contributed by atoms with Gasteiger partial charge < -0.3 is 10.0 Å². The lowest BCUT2D eigenvalue weighted by molar-refractivity contribution is -0.133. The number of alkyl halides is 1. The van der Waals surface area contributed by atoms with Gasteiger partial charge in [0.15, 0.2) is 0 Å². The Kier molecular flexibility index (Phi) is 5.54. The van der Waals surface area contributed by atoms with Gasteiger partial charge in [-0.05, 0) is 62.3 Å². The van der Waals surface area contributed by atoms with Crippen molar-refractivity contribution in [1.82, 2.24) is 9.80 Å². The molecule has 3 aliphatic rings. The minimum Gasteiger partial charge on any atom is -0.508 e. The monoisotopic (exact) mass is 384 g/mol. The minimum atomic E-state index is -0.934. The van der Waals surface area contributed by atoms with E-state index in [1.165, 1.54) is 5.56 Å². The van der Waals surface area contributed by atoms with Crippen LogP contribution in [0.3, 0.4) is 0 Å². The molecule has 2 aliphatic heterocycles. The molecule has 1 aromatic rings. The Bertz CT molecular complexity index is 773. The summed E-state index contributed by atoms with van der Waals surface area (Å²) in [5, 5.41) is 9.48. The molecule has 0 radical (unpaired) electrons. The van der Waals surface area contributed by atoms with Crippen LogP contribution in [0.25, 0.3) is 0 Å². The highest BCUT2D eigenvalue weighted by molar-refractivity contribution is 5.84. The zero-order valence-electron chi connectivity index (χ0n) is 16.4. The average molecular weight is 384 g/mol. The number of rotatable bonds is 4. The summed E-state index contributed by atoms with van der Waals surface area (Å²) in [5.74, 6) is 0.522. The second-order valence-electron chi connectivity index (χ2n) is 8.40. The summed E-state index contributed by atoms with van der Waals surface area (Å²) in [6.07, 6.45) is 6.68. The van der Waals surface area contributed by atoms with Gasteiger partial charge in [-0.1, -0.05) is 35.9 Å². The molecule has 4 nitrogen and oxygen atoms in total. The maximum absolute atomic E-state index is 15.0. The van der Waals surface area contributed by atoms with E-state index < -0.39 is 6.17 Å². The number of carbonyl (C=O) groups is 1. The third kappa shape index (κ3) is 4.00. The number of likely N-dealkylation sites (tertiary alicyclic amines) is 2. The molecule has 28 heavy (non-hydrogen) atoms. The van der Waals surface area contributed by atoms with Gasteiger partial charge in [-0.3, -0.25) is 9.69 Å². The molecule has 2 fully saturated rings. The van der Waals surface area contributed by atoms with E-state index in [0.717, 1.165) is 31.5 Å². The van der Waals surface area contributed by atoms with Crippen molar-refractivity contribution in [2.45, 2.75) is 44.9 Å². The lowest BCUT2D eigenvalue weighted by Gasteiger charge is -2.40. The van der Waals surface area contributed by atoms with E-state index >= 15 is 0 Å². The Morgan fingerprint density at radius 1 is 1.18 bits per heavy atom. The number of amides is 1. The molecular weight excluding hydrogens is 355 g/mol. The van der Waals surface area contributed by atoms with Crippen molar-refractivity contribution in [2.24, 2.45) is 11.8 Å². The van der Waals surface area contributed by atoms with Crippen molar-refractivity contribution in [3.63, 3.8) is 0 Å². The van der Waals surface area contributed by atoms with Gasteiger partial charge in [-0.15, -0.1) is 0 Å². The fourth-order valence-electron chi connectivity index (χ4n) is 4.79. The zero-order chi connectivity index (χ0) is 19.7. The summed E-state index contributed by atoms with van der Waals surface area (Å²) >= 11 is 0. The summed E-state index contributed by atoms with van der Waals surface area (Å²) in [6, 6.07) is 8.10. The molecule has 2 saturated heterocycles. The van der Waals surface area contributed by atoms with Crippen molar-refractivity contribution < 1.29 is 14.3 Å². The fourth-order valence-corrected chi connectivity index (χ4v) is 4.79. The Hall–Kier alpha value is -2.14. The van der Waals surface area contributed by atoms with Crippen LogP contribution in [0.1, 0.15) is 30.4 Å². The number of piperidine rings is 1. The minimum absolute atomic E-state index is 0.0305. The van der Waals surface area contributed by atoms with Crippen LogP contribution in [-0.4, -0.2) is 52.7 Å². The van der Waals surface area contributed by atoms with Crippen LogP contribution >= 0.6 is 0 Å². The Labute approximate surface area is 166 Å². The van der Waals surface area contributed by atoms with Crippen LogP contribution in [0.15, 0.2) is 48.3 Å². The summed E-state index contributed by atoms with van der Waals surface area (Å²) in [7, 11) is 0. The second kappa shape index (κ2) is 8.08. The number of hydrogen-bond donors (Lipinski definition) is 1. The summed E-state index contributed by atoms with van der Waals surface area (Å²) < 4.78 is 15.0. The average Bonchev–Trinajstić information content (AvgIpc) is 3.05.